The van der Waals surface area contributed by atoms with E-state index in [-0.39, 0.29) is 18.5 Å². The van der Waals surface area contributed by atoms with Gasteiger partial charge >= 0.3 is 12.0 Å². The number of carbonyl (C=O) groups excluding carboxylic acids is 1. The average molecular weight is 322 g/mol. The fourth-order valence-electron chi connectivity index (χ4n) is 2.81. The van der Waals surface area contributed by atoms with Crippen molar-refractivity contribution < 1.29 is 14.7 Å². The molecule has 2 rings (SSSR count). The maximum Gasteiger partial charge on any atom is 0.321 e. The SMILES string of the molecule is CSCc1ccccc1NC(=O)N1CC(C)CC(C(=O)O)C1. The molecule has 0 radical (unpaired) electrons. The van der Waals surface area contributed by atoms with Crippen LogP contribution in [0.4, 0.5) is 10.5 Å². The minimum atomic E-state index is -0.827. The Morgan fingerprint density at radius 3 is 2.77 bits per heavy atom. The van der Waals surface area contributed by atoms with Gasteiger partial charge in [-0.05, 0) is 30.2 Å². The first-order valence-electron chi connectivity index (χ1n) is 7.36. The molecule has 2 N–H and O–H groups in total. The number of nitrogens with one attached hydrogen (secondary N) is 1. The Labute approximate surface area is 135 Å². The van der Waals surface area contributed by atoms with E-state index in [1.165, 1.54) is 0 Å². The standard InChI is InChI=1S/C16H22N2O3S/c1-11-7-13(15(19)20)9-18(8-11)16(21)17-14-6-4-3-5-12(14)10-22-2/h3-6,11,13H,7-10H2,1-2H3,(H,17,21)(H,19,20). The van der Waals surface area contributed by atoms with E-state index < -0.39 is 11.9 Å². The van der Waals surface area contributed by atoms with Crippen molar-refractivity contribution in [3.63, 3.8) is 0 Å². The summed E-state index contributed by atoms with van der Waals surface area (Å²) in [7, 11) is 0. The second-order valence-corrected chi connectivity index (χ2v) is 6.67. The van der Waals surface area contributed by atoms with E-state index in [9.17, 15) is 14.7 Å². The number of anilines is 1. The molecule has 120 valence electrons. The summed E-state index contributed by atoms with van der Waals surface area (Å²) in [5, 5.41) is 12.1. The van der Waals surface area contributed by atoms with Crippen LogP contribution in [0.3, 0.4) is 0 Å². The molecule has 1 aliphatic rings. The summed E-state index contributed by atoms with van der Waals surface area (Å²) in [6, 6.07) is 7.49. The summed E-state index contributed by atoms with van der Waals surface area (Å²) >= 11 is 1.69. The summed E-state index contributed by atoms with van der Waals surface area (Å²) < 4.78 is 0. The Hall–Kier alpha value is -1.69. The molecule has 0 aliphatic carbocycles. The number of benzene rings is 1. The second-order valence-electron chi connectivity index (χ2n) is 5.80. The van der Waals surface area contributed by atoms with Gasteiger partial charge in [0.2, 0.25) is 0 Å². The number of rotatable bonds is 4. The van der Waals surface area contributed by atoms with E-state index in [0.29, 0.717) is 13.0 Å². The number of carboxylic acid groups (broad SMARTS) is 1. The van der Waals surface area contributed by atoms with Crippen molar-refractivity contribution in [1.29, 1.82) is 0 Å². The van der Waals surface area contributed by atoms with Gasteiger partial charge in [-0.15, -0.1) is 0 Å². The first kappa shape index (κ1) is 16.7. The Morgan fingerprint density at radius 1 is 1.36 bits per heavy atom. The molecule has 2 unspecified atom stereocenters. The van der Waals surface area contributed by atoms with Gasteiger partial charge in [0, 0.05) is 24.5 Å². The highest BCUT2D eigenvalue weighted by molar-refractivity contribution is 7.97. The third kappa shape index (κ3) is 4.16. The number of thioether (sulfide) groups is 1. The van der Waals surface area contributed by atoms with Crippen LogP contribution in [-0.2, 0) is 10.5 Å². The molecule has 1 saturated heterocycles. The van der Waals surface area contributed by atoms with E-state index in [1.54, 1.807) is 16.7 Å². The molecular weight excluding hydrogens is 300 g/mol. The van der Waals surface area contributed by atoms with Gasteiger partial charge in [0.05, 0.1) is 5.92 Å². The Bertz CT molecular complexity index is 550. The van der Waals surface area contributed by atoms with Gasteiger partial charge in [-0.25, -0.2) is 4.79 Å². The number of aliphatic carboxylic acids is 1. The summed E-state index contributed by atoms with van der Waals surface area (Å²) in [5.74, 6) is -0.282. The van der Waals surface area contributed by atoms with Crippen LogP contribution in [0.1, 0.15) is 18.9 Å². The van der Waals surface area contributed by atoms with Gasteiger partial charge in [0.15, 0.2) is 0 Å². The molecule has 2 amide bonds. The van der Waals surface area contributed by atoms with Gasteiger partial charge in [0.1, 0.15) is 0 Å². The number of piperidine rings is 1. The number of carboxylic acids is 1. The van der Waals surface area contributed by atoms with E-state index in [4.69, 9.17) is 0 Å². The van der Waals surface area contributed by atoms with E-state index in [1.807, 2.05) is 37.4 Å². The lowest BCUT2D eigenvalue weighted by atomic mass is 9.91. The van der Waals surface area contributed by atoms with E-state index in [2.05, 4.69) is 5.32 Å². The van der Waals surface area contributed by atoms with Crippen LogP contribution in [0.5, 0.6) is 0 Å². The van der Waals surface area contributed by atoms with Crippen molar-refractivity contribution >= 4 is 29.4 Å². The van der Waals surface area contributed by atoms with Crippen molar-refractivity contribution in [3.05, 3.63) is 29.8 Å². The second kappa shape index (κ2) is 7.54. The first-order chi connectivity index (χ1) is 10.5. The number of carbonyl (C=O) groups is 2. The number of hydrogen-bond donors (Lipinski definition) is 2. The summed E-state index contributed by atoms with van der Waals surface area (Å²) in [4.78, 5) is 25.3. The van der Waals surface area contributed by atoms with E-state index in [0.717, 1.165) is 17.0 Å². The summed E-state index contributed by atoms with van der Waals surface area (Å²) in [6.45, 7) is 2.85. The molecule has 1 aromatic rings. The van der Waals surface area contributed by atoms with E-state index >= 15 is 0 Å². The number of urea groups is 1. The van der Waals surface area contributed by atoms with Gasteiger partial charge in [-0.1, -0.05) is 25.1 Å². The molecule has 1 aromatic carbocycles. The first-order valence-corrected chi connectivity index (χ1v) is 8.76. The maximum atomic E-state index is 12.5. The lowest BCUT2D eigenvalue weighted by molar-refractivity contribution is -0.143. The minimum Gasteiger partial charge on any atom is -0.481 e. The smallest absolute Gasteiger partial charge is 0.321 e. The highest BCUT2D eigenvalue weighted by Gasteiger charge is 2.32. The van der Waals surface area contributed by atoms with Gasteiger partial charge < -0.3 is 15.3 Å². The zero-order valence-electron chi connectivity index (χ0n) is 12.9. The average Bonchev–Trinajstić information content (AvgIpc) is 2.48. The quantitative estimate of drug-likeness (QED) is 0.893. The Balaban J connectivity index is 2.07. The molecule has 0 saturated carbocycles. The Morgan fingerprint density at radius 2 is 2.09 bits per heavy atom. The van der Waals surface area contributed by atoms with Crippen LogP contribution in [0.25, 0.3) is 0 Å². The van der Waals surface area contributed by atoms with Gasteiger partial charge in [-0.3, -0.25) is 4.79 Å². The molecule has 0 aromatic heterocycles. The number of likely N-dealkylation sites (tertiary alicyclic amines) is 1. The van der Waals surface area contributed by atoms with Crippen LogP contribution < -0.4 is 5.32 Å². The molecule has 0 bridgehead atoms. The molecule has 1 heterocycles. The van der Waals surface area contributed by atoms with Crippen LogP contribution in [0, 0.1) is 11.8 Å². The largest absolute Gasteiger partial charge is 0.481 e. The van der Waals surface area contributed by atoms with Crippen LogP contribution in [0.15, 0.2) is 24.3 Å². The van der Waals surface area contributed by atoms with Crippen molar-refractivity contribution in [3.8, 4) is 0 Å². The molecule has 6 heteroatoms. The third-order valence-corrected chi connectivity index (χ3v) is 4.45. The predicted molar refractivity (Wildman–Crippen MR) is 89.2 cm³/mol. The summed E-state index contributed by atoms with van der Waals surface area (Å²) in [6.07, 6.45) is 2.64. The highest BCUT2D eigenvalue weighted by atomic mass is 32.2. The molecule has 2 atom stereocenters. The molecule has 1 fully saturated rings. The van der Waals surface area contributed by atoms with Crippen LogP contribution >= 0.6 is 11.8 Å². The van der Waals surface area contributed by atoms with Gasteiger partial charge in [-0.2, -0.15) is 11.8 Å². The molecular formula is C16H22N2O3S. The highest BCUT2D eigenvalue weighted by Crippen LogP contribution is 2.24. The van der Waals surface area contributed by atoms with Crippen molar-refractivity contribution in [2.45, 2.75) is 19.1 Å². The lowest BCUT2D eigenvalue weighted by Crippen LogP contribution is -2.47. The minimum absolute atomic E-state index is 0.196. The zero-order chi connectivity index (χ0) is 16.1. The number of hydrogen-bond acceptors (Lipinski definition) is 3. The monoisotopic (exact) mass is 322 g/mol. The maximum absolute atomic E-state index is 12.5. The van der Waals surface area contributed by atoms with Crippen molar-refractivity contribution in [1.82, 2.24) is 4.90 Å². The van der Waals surface area contributed by atoms with Crippen molar-refractivity contribution in [2.24, 2.45) is 11.8 Å². The fraction of sp³-hybridized carbons (Fsp3) is 0.500. The number of nitrogens with zero attached hydrogens (tertiary/aromatic N) is 1. The molecule has 0 spiro atoms. The Kier molecular flexibility index (Phi) is 5.71. The molecule has 1 aliphatic heterocycles. The normalized spacial score (nSPS) is 21.5. The molecule has 5 nitrogen and oxygen atoms in total. The predicted octanol–water partition coefficient (Wildman–Crippen LogP) is 3.12. The van der Waals surface area contributed by atoms with Gasteiger partial charge in [0.25, 0.3) is 0 Å². The zero-order valence-corrected chi connectivity index (χ0v) is 13.7. The fourth-order valence-corrected chi connectivity index (χ4v) is 3.38. The number of para-hydroxylation sites is 1. The lowest BCUT2D eigenvalue weighted by Gasteiger charge is -2.34. The topological polar surface area (TPSA) is 69.6 Å². The number of amides is 2. The van der Waals surface area contributed by atoms with Crippen LogP contribution in [-0.4, -0.2) is 41.4 Å². The van der Waals surface area contributed by atoms with Crippen molar-refractivity contribution in [2.75, 3.05) is 24.7 Å². The molecule has 22 heavy (non-hydrogen) atoms. The third-order valence-electron chi connectivity index (χ3n) is 3.85. The van der Waals surface area contributed by atoms with Crippen LogP contribution in [0.2, 0.25) is 0 Å². The summed E-state index contributed by atoms with van der Waals surface area (Å²) in [5.41, 5.74) is 1.87.